The molecule has 0 amide bonds. The molecule has 1 heteroatoms. The minimum absolute atomic E-state index is 0. The molecule has 31 heavy (non-hydrogen) atoms. The molecule has 0 unspecified atom stereocenters. The first kappa shape index (κ1) is 26.9. The van der Waals surface area contributed by atoms with Crippen molar-refractivity contribution < 1.29 is 21.7 Å². The Labute approximate surface area is 205 Å². The molecule has 0 saturated heterocycles. The Morgan fingerprint density at radius 3 is 1.10 bits per heavy atom. The molecule has 4 rings (SSSR count). The van der Waals surface area contributed by atoms with Crippen molar-refractivity contribution in [3.05, 3.63) is 119 Å². The predicted molar refractivity (Wildman–Crippen MR) is 133 cm³/mol. The van der Waals surface area contributed by atoms with Crippen LogP contribution >= 0.6 is 0 Å². The minimum Gasteiger partial charge on any atom is -0.213 e. The van der Waals surface area contributed by atoms with Gasteiger partial charge in [-0.15, -0.1) is 0 Å². The van der Waals surface area contributed by atoms with Gasteiger partial charge in [-0.3, -0.25) is 0 Å². The molecule has 0 nitrogen and oxygen atoms in total. The first-order valence-electron chi connectivity index (χ1n) is 11.3. The van der Waals surface area contributed by atoms with Crippen LogP contribution in [0.1, 0.15) is 49.9 Å². The molecule has 0 spiro atoms. The summed E-state index contributed by atoms with van der Waals surface area (Å²) in [6.07, 6.45) is 4.71. The van der Waals surface area contributed by atoms with E-state index < -0.39 is 0 Å². The molecule has 160 valence electrons. The zero-order valence-electron chi connectivity index (χ0n) is 19.6. The van der Waals surface area contributed by atoms with Crippen molar-refractivity contribution in [2.75, 3.05) is 0 Å². The fraction of sp³-hybridized carbons (Fsp3) is 0.267. The summed E-state index contributed by atoms with van der Waals surface area (Å²) in [5, 5.41) is 0. The Morgan fingerprint density at radius 1 is 0.484 bits per heavy atom. The second-order valence-electron chi connectivity index (χ2n) is 7.30. The molecule has 0 radical (unpaired) electrons. The van der Waals surface area contributed by atoms with E-state index >= 15 is 0 Å². The van der Waals surface area contributed by atoms with Gasteiger partial charge in [0.15, 0.2) is 0 Å². The van der Waals surface area contributed by atoms with E-state index in [0.29, 0.717) is 0 Å². The van der Waals surface area contributed by atoms with Gasteiger partial charge < -0.3 is 0 Å². The number of aryl methyl sites for hydroxylation is 4. The topological polar surface area (TPSA) is 0 Å². The average Bonchev–Trinajstić information content (AvgIpc) is 3.49. The summed E-state index contributed by atoms with van der Waals surface area (Å²) in [6, 6.07) is 33.9. The van der Waals surface area contributed by atoms with Gasteiger partial charge in [-0.25, -0.2) is 24.3 Å². The summed E-state index contributed by atoms with van der Waals surface area (Å²) < 4.78 is 0. The third-order valence-corrected chi connectivity index (χ3v) is 5.42. The van der Waals surface area contributed by atoms with Gasteiger partial charge in [-0.05, 0) is 11.1 Å². The van der Waals surface area contributed by atoms with Gasteiger partial charge in [0.2, 0.25) is 0 Å². The molecule has 4 aromatic rings. The van der Waals surface area contributed by atoms with Crippen LogP contribution in [0.15, 0.2) is 97.1 Å². The maximum absolute atomic E-state index is 2.21. The Balaban J connectivity index is 0.000000233. The van der Waals surface area contributed by atoms with Crippen LogP contribution in [0.4, 0.5) is 0 Å². The smallest absolute Gasteiger partial charge is 0.213 e. The summed E-state index contributed by atoms with van der Waals surface area (Å²) in [6.45, 7) is 8.81. The molecule has 0 aliphatic heterocycles. The van der Waals surface area contributed by atoms with Gasteiger partial charge >= 0.3 is 21.7 Å². The van der Waals surface area contributed by atoms with E-state index in [1.165, 1.54) is 59.1 Å². The van der Waals surface area contributed by atoms with Gasteiger partial charge in [-0.1, -0.05) is 114 Å². The average molecular weight is 444 g/mol. The molecule has 0 N–H and O–H groups in total. The van der Waals surface area contributed by atoms with Crippen LogP contribution in [0, 0.1) is 0 Å². The molecular formula is C30H36Ti. The van der Waals surface area contributed by atoms with E-state index in [-0.39, 0.29) is 21.7 Å². The molecular weight excluding hydrogens is 408 g/mol. The SMILES string of the molecule is CCc1ccc[c-]1CC.CCc1ccc[c-]1CC.[Ti+2].c1ccc(-c2ccccc2)cc1. The van der Waals surface area contributed by atoms with E-state index in [0.717, 1.165) is 0 Å². The van der Waals surface area contributed by atoms with E-state index in [9.17, 15) is 0 Å². The number of hydrogen-bond acceptors (Lipinski definition) is 0. The van der Waals surface area contributed by atoms with Crippen molar-refractivity contribution in [3.8, 4) is 11.1 Å². The molecule has 0 aliphatic carbocycles. The molecule has 4 aromatic carbocycles. The monoisotopic (exact) mass is 444 g/mol. The minimum atomic E-state index is 0. The summed E-state index contributed by atoms with van der Waals surface area (Å²) in [5.74, 6) is 0. The Morgan fingerprint density at radius 2 is 0.839 bits per heavy atom. The normalized spacial score (nSPS) is 9.55. The van der Waals surface area contributed by atoms with Crippen molar-refractivity contribution in [1.82, 2.24) is 0 Å². The molecule has 0 aromatic heterocycles. The van der Waals surface area contributed by atoms with E-state index in [2.05, 4.69) is 113 Å². The number of benzene rings is 2. The van der Waals surface area contributed by atoms with Crippen molar-refractivity contribution in [3.63, 3.8) is 0 Å². The maximum atomic E-state index is 2.21. The van der Waals surface area contributed by atoms with Gasteiger partial charge in [0.05, 0.1) is 0 Å². The molecule has 0 saturated carbocycles. The second kappa shape index (κ2) is 15.6. The number of hydrogen-bond donors (Lipinski definition) is 0. The first-order chi connectivity index (χ1) is 14.7. The molecule has 0 heterocycles. The third kappa shape index (κ3) is 8.86. The second-order valence-corrected chi connectivity index (χ2v) is 7.30. The Hall–Kier alpha value is -2.15. The fourth-order valence-electron chi connectivity index (χ4n) is 3.63. The molecule has 0 bridgehead atoms. The van der Waals surface area contributed by atoms with Crippen molar-refractivity contribution >= 4 is 0 Å². The molecule has 0 atom stereocenters. The summed E-state index contributed by atoms with van der Waals surface area (Å²) in [5.41, 5.74) is 8.60. The fourth-order valence-corrected chi connectivity index (χ4v) is 3.63. The third-order valence-electron chi connectivity index (χ3n) is 5.42. The van der Waals surface area contributed by atoms with Crippen LogP contribution in [0.3, 0.4) is 0 Å². The Bertz CT molecular complexity index is 812. The van der Waals surface area contributed by atoms with Gasteiger partial charge in [-0.2, -0.15) is 34.4 Å². The predicted octanol–water partition coefficient (Wildman–Crippen LogP) is 8.41. The van der Waals surface area contributed by atoms with Gasteiger partial charge in [0, 0.05) is 0 Å². The van der Waals surface area contributed by atoms with Crippen molar-refractivity contribution in [2.45, 2.75) is 53.4 Å². The molecule has 0 aliphatic rings. The van der Waals surface area contributed by atoms with Crippen molar-refractivity contribution in [2.24, 2.45) is 0 Å². The van der Waals surface area contributed by atoms with Crippen LogP contribution in [0.25, 0.3) is 11.1 Å². The summed E-state index contributed by atoms with van der Waals surface area (Å²) in [7, 11) is 0. The van der Waals surface area contributed by atoms with Gasteiger partial charge in [0.1, 0.15) is 0 Å². The standard InChI is InChI=1S/C12H10.2C9H13.Ti/c1-3-7-11(8-4-1)12-9-5-2-6-10-12;2*1-3-8-6-5-7-9(8)4-2;/h1-10H;2*5-7H,3-4H2,1-2H3;/q;2*-1;+2. The van der Waals surface area contributed by atoms with E-state index in [4.69, 9.17) is 0 Å². The summed E-state index contributed by atoms with van der Waals surface area (Å²) in [4.78, 5) is 0. The van der Waals surface area contributed by atoms with E-state index in [1.54, 1.807) is 0 Å². The van der Waals surface area contributed by atoms with Crippen LogP contribution < -0.4 is 0 Å². The maximum Gasteiger partial charge on any atom is 2.00 e. The molecule has 0 fully saturated rings. The van der Waals surface area contributed by atoms with Crippen LogP contribution in [-0.4, -0.2) is 0 Å². The summed E-state index contributed by atoms with van der Waals surface area (Å²) >= 11 is 0. The van der Waals surface area contributed by atoms with Gasteiger partial charge in [0.25, 0.3) is 0 Å². The van der Waals surface area contributed by atoms with E-state index in [1.807, 2.05) is 12.1 Å². The zero-order valence-corrected chi connectivity index (χ0v) is 21.1. The van der Waals surface area contributed by atoms with Crippen LogP contribution in [-0.2, 0) is 47.4 Å². The van der Waals surface area contributed by atoms with Crippen LogP contribution in [0.5, 0.6) is 0 Å². The quantitative estimate of drug-likeness (QED) is 0.214. The Kier molecular flexibility index (Phi) is 13.6. The van der Waals surface area contributed by atoms with Crippen molar-refractivity contribution in [1.29, 1.82) is 0 Å². The zero-order chi connectivity index (χ0) is 21.6. The largest absolute Gasteiger partial charge is 2.00 e. The van der Waals surface area contributed by atoms with Crippen LogP contribution in [0.2, 0.25) is 0 Å². The first-order valence-corrected chi connectivity index (χ1v) is 11.3. The number of rotatable bonds is 5.